The standard InChI is InChI=1S/C15H29N3O2/c1-4-20-13-5-9-17(10-6-13)14(19)15(2,3)18-11-7-16-8-12-18/h13,16H,4-12H2,1-3H3. The second-order valence-electron chi connectivity index (χ2n) is 6.24. The largest absolute Gasteiger partial charge is 0.378 e. The average molecular weight is 283 g/mol. The minimum Gasteiger partial charge on any atom is -0.378 e. The van der Waals surface area contributed by atoms with E-state index in [-0.39, 0.29) is 11.4 Å². The molecule has 2 saturated heterocycles. The number of likely N-dealkylation sites (tertiary alicyclic amines) is 1. The number of piperidine rings is 1. The molecule has 0 spiro atoms. The number of amides is 1. The van der Waals surface area contributed by atoms with Crippen molar-refractivity contribution in [2.45, 2.75) is 45.3 Å². The molecule has 0 aliphatic carbocycles. The Hall–Kier alpha value is -0.650. The van der Waals surface area contributed by atoms with E-state index in [1.807, 2.05) is 11.8 Å². The summed E-state index contributed by atoms with van der Waals surface area (Å²) in [6.07, 6.45) is 2.28. The zero-order chi connectivity index (χ0) is 14.6. The van der Waals surface area contributed by atoms with Crippen LogP contribution in [-0.2, 0) is 9.53 Å². The molecule has 20 heavy (non-hydrogen) atoms. The fraction of sp³-hybridized carbons (Fsp3) is 0.933. The molecule has 0 bridgehead atoms. The Bertz CT molecular complexity index is 319. The highest BCUT2D eigenvalue weighted by molar-refractivity contribution is 5.85. The third kappa shape index (κ3) is 3.51. The number of ether oxygens (including phenoxy) is 1. The highest BCUT2D eigenvalue weighted by Gasteiger charge is 2.39. The molecular weight excluding hydrogens is 254 g/mol. The van der Waals surface area contributed by atoms with Crippen molar-refractivity contribution in [2.24, 2.45) is 0 Å². The quantitative estimate of drug-likeness (QED) is 0.825. The number of hydrogen-bond acceptors (Lipinski definition) is 4. The van der Waals surface area contributed by atoms with Crippen molar-refractivity contribution >= 4 is 5.91 Å². The van der Waals surface area contributed by atoms with Crippen molar-refractivity contribution in [1.29, 1.82) is 0 Å². The first kappa shape index (κ1) is 15.7. The number of nitrogens with one attached hydrogen (secondary N) is 1. The maximum atomic E-state index is 12.8. The van der Waals surface area contributed by atoms with Crippen molar-refractivity contribution in [3.8, 4) is 0 Å². The molecule has 0 aromatic heterocycles. The summed E-state index contributed by atoms with van der Waals surface area (Å²) in [6.45, 7) is 12.5. The predicted octanol–water partition coefficient (Wildman–Crippen LogP) is 0.698. The summed E-state index contributed by atoms with van der Waals surface area (Å²) in [6, 6.07) is 0. The fourth-order valence-corrected chi connectivity index (χ4v) is 3.21. The van der Waals surface area contributed by atoms with Crippen LogP contribution in [0, 0.1) is 0 Å². The van der Waals surface area contributed by atoms with Crippen LogP contribution in [0.1, 0.15) is 33.6 Å². The fourth-order valence-electron chi connectivity index (χ4n) is 3.21. The molecule has 0 unspecified atom stereocenters. The van der Waals surface area contributed by atoms with Crippen molar-refractivity contribution in [3.63, 3.8) is 0 Å². The number of nitrogens with zero attached hydrogens (tertiary/aromatic N) is 2. The molecule has 2 aliphatic rings. The zero-order valence-electron chi connectivity index (χ0n) is 13.2. The smallest absolute Gasteiger partial charge is 0.242 e. The lowest BCUT2D eigenvalue weighted by atomic mass is 9.97. The molecule has 2 rings (SSSR count). The summed E-state index contributed by atoms with van der Waals surface area (Å²) in [5, 5.41) is 3.34. The van der Waals surface area contributed by atoms with Crippen LogP contribution >= 0.6 is 0 Å². The Morgan fingerprint density at radius 1 is 1.20 bits per heavy atom. The molecular formula is C15H29N3O2. The van der Waals surface area contributed by atoms with E-state index in [4.69, 9.17) is 4.74 Å². The van der Waals surface area contributed by atoms with Gasteiger partial charge in [-0.1, -0.05) is 0 Å². The van der Waals surface area contributed by atoms with Gasteiger partial charge in [0.25, 0.3) is 0 Å². The molecule has 1 N–H and O–H groups in total. The summed E-state index contributed by atoms with van der Waals surface area (Å²) in [5.74, 6) is 0.273. The first-order chi connectivity index (χ1) is 9.55. The molecule has 0 aromatic carbocycles. The first-order valence-corrected chi connectivity index (χ1v) is 7.92. The number of hydrogen-bond donors (Lipinski definition) is 1. The molecule has 0 aromatic rings. The van der Waals surface area contributed by atoms with Gasteiger partial charge >= 0.3 is 0 Å². The summed E-state index contributed by atoms with van der Waals surface area (Å²) >= 11 is 0. The maximum absolute atomic E-state index is 12.8. The minimum atomic E-state index is -0.388. The zero-order valence-corrected chi connectivity index (χ0v) is 13.2. The van der Waals surface area contributed by atoms with Gasteiger partial charge in [0.05, 0.1) is 11.6 Å². The first-order valence-electron chi connectivity index (χ1n) is 7.92. The molecule has 0 atom stereocenters. The van der Waals surface area contributed by atoms with Crippen molar-refractivity contribution < 1.29 is 9.53 Å². The van der Waals surface area contributed by atoms with Gasteiger partial charge in [-0.15, -0.1) is 0 Å². The monoisotopic (exact) mass is 283 g/mol. The van der Waals surface area contributed by atoms with Crippen molar-refractivity contribution in [1.82, 2.24) is 15.1 Å². The highest BCUT2D eigenvalue weighted by atomic mass is 16.5. The van der Waals surface area contributed by atoms with E-state index in [0.29, 0.717) is 6.10 Å². The number of carbonyl (C=O) groups is 1. The second-order valence-corrected chi connectivity index (χ2v) is 6.24. The van der Waals surface area contributed by atoms with Crippen LogP contribution in [0.2, 0.25) is 0 Å². The van der Waals surface area contributed by atoms with E-state index >= 15 is 0 Å². The molecule has 2 aliphatic heterocycles. The van der Waals surface area contributed by atoms with Gasteiger partial charge in [-0.05, 0) is 33.6 Å². The van der Waals surface area contributed by atoms with Gasteiger partial charge < -0.3 is 15.0 Å². The van der Waals surface area contributed by atoms with Crippen LogP contribution in [0.25, 0.3) is 0 Å². The summed E-state index contributed by atoms with van der Waals surface area (Å²) in [7, 11) is 0. The second kappa shape index (κ2) is 6.87. The van der Waals surface area contributed by atoms with Crippen LogP contribution in [0.4, 0.5) is 0 Å². The number of piperazine rings is 1. The lowest BCUT2D eigenvalue weighted by Crippen LogP contribution is -2.61. The van der Waals surface area contributed by atoms with E-state index in [0.717, 1.165) is 58.7 Å². The van der Waals surface area contributed by atoms with Gasteiger partial charge in [0.15, 0.2) is 0 Å². The van der Waals surface area contributed by atoms with Crippen LogP contribution < -0.4 is 5.32 Å². The van der Waals surface area contributed by atoms with Crippen LogP contribution in [0.5, 0.6) is 0 Å². The van der Waals surface area contributed by atoms with E-state index < -0.39 is 0 Å². The number of rotatable bonds is 4. The lowest BCUT2D eigenvalue weighted by Gasteiger charge is -2.44. The van der Waals surface area contributed by atoms with Crippen LogP contribution in [0.3, 0.4) is 0 Å². The maximum Gasteiger partial charge on any atom is 0.242 e. The third-order valence-electron chi connectivity index (χ3n) is 4.56. The predicted molar refractivity (Wildman–Crippen MR) is 79.7 cm³/mol. The Morgan fingerprint density at radius 3 is 2.35 bits per heavy atom. The highest BCUT2D eigenvalue weighted by Crippen LogP contribution is 2.22. The summed E-state index contributed by atoms with van der Waals surface area (Å²) in [5.41, 5.74) is -0.388. The molecule has 0 saturated carbocycles. The van der Waals surface area contributed by atoms with Gasteiger partial charge in [0.2, 0.25) is 5.91 Å². The van der Waals surface area contributed by atoms with Crippen LogP contribution in [0.15, 0.2) is 0 Å². The minimum absolute atomic E-state index is 0.273. The average Bonchev–Trinajstić information content (AvgIpc) is 2.48. The van der Waals surface area contributed by atoms with Gasteiger partial charge in [-0.25, -0.2) is 0 Å². The van der Waals surface area contributed by atoms with E-state index in [1.54, 1.807) is 0 Å². The Balaban J connectivity index is 1.90. The molecule has 5 nitrogen and oxygen atoms in total. The summed E-state index contributed by atoms with van der Waals surface area (Å²) in [4.78, 5) is 17.1. The van der Waals surface area contributed by atoms with Gasteiger partial charge in [-0.3, -0.25) is 9.69 Å². The topological polar surface area (TPSA) is 44.8 Å². The van der Waals surface area contributed by atoms with Crippen molar-refractivity contribution in [2.75, 3.05) is 45.9 Å². The van der Waals surface area contributed by atoms with Gasteiger partial charge in [0, 0.05) is 45.9 Å². The van der Waals surface area contributed by atoms with E-state index in [1.165, 1.54) is 0 Å². The third-order valence-corrected chi connectivity index (χ3v) is 4.56. The van der Waals surface area contributed by atoms with Crippen molar-refractivity contribution in [3.05, 3.63) is 0 Å². The van der Waals surface area contributed by atoms with E-state index in [2.05, 4.69) is 24.1 Å². The van der Waals surface area contributed by atoms with Gasteiger partial charge in [0.1, 0.15) is 0 Å². The molecule has 2 heterocycles. The molecule has 5 heteroatoms. The molecule has 116 valence electrons. The van der Waals surface area contributed by atoms with Gasteiger partial charge in [-0.2, -0.15) is 0 Å². The lowest BCUT2D eigenvalue weighted by molar-refractivity contribution is -0.145. The Labute approximate surface area is 122 Å². The molecule has 2 fully saturated rings. The Kier molecular flexibility index (Phi) is 5.41. The molecule has 0 radical (unpaired) electrons. The normalized spacial score (nSPS) is 23.1. The summed E-state index contributed by atoms with van der Waals surface area (Å²) < 4.78 is 5.66. The van der Waals surface area contributed by atoms with E-state index in [9.17, 15) is 4.79 Å². The van der Waals surface area contributed by atoms with Crippen LogP contribution in [-0.4, -0.2) is 73.2 Å². The SMILES string of the molecule is CCOC1CCN(C(=O)C(C)(C)N2CCNCC2)CC1. The Morgan fingerprint density at radius 2 is 1.80 bits per heavy atom. The number of carbonyl (C=O) groups excluding carboxylic acids is 1. The molecule has 1 amide bonds.